The number of hydrogen-bond donors (Lipinski definition) is 0. The van der Waals surface area contributed by atoms with E-state index in [0.717, 1.165) is 88.3 Å². The molecule has 0 N–H and O–H groups in total. The summed E-state index contributed by atoms with van der Waals surface area (Å²) < 4.78 is 10.9. The third-order valence-corrected chi connectivity index (χ3v) is 10.9. The highest BCUT2D eigenvalue weighted by molar-refractivity contribution is 6.24. The number of nitrogens with zero attached hydrogens (tertiary/aromatic N) is 5. The average molecular weight is 716 g/mol. The van der Waals surface area contributed by atoms with E-state index in [4.69, 9.17) is 11.0 Å². The van der Waals surface area contributed by atoms with Gasteiger partial charge in [0, 0.05) is 49.7 Å². The minimum Gasteiger partial charge on any atom is -0.455 e. The molecule has 0 spiro atoms. The molecule has 260 valence electrons. The maximum atomic E-state index is 10.9. The van der Waals surface area contributed by atoms with Gasteiger partial charge in [0.2, 0.25) is 5.69 Å². The molecule has 3 aromatic heterocycles. The van der Waals surface area contributed by atoms with Crippen molar-refractivity contribution in [2.24, 2.45) is 0 Å². The molecule has 0 aliphatic carbocycles. The maximum absolute atomic E-state index is 10.9. The van der Waals surface area contributed by atoms with Gasteiger partial charge in [-0.1, -0.05) is 91.0 Å². The van der Waals surface area contributed by atoms with Crippen LogP contribution in [0, 0.1) is 17.9 Å². The number of nitriles is 1. The van der Waals surface area contributed by atoms with Crippen LogP contribution in [-0.2, 0) is 0 Å². The third kappa shape index (κ3) is 4.54. The van der Waals surface area contributed by atoms with E-state index in [1.807, 2.05) is 66.7 Å². The number of anilines is 3. The van der Waals surface area contributed by atoms with Gasteiger partial charge >= 0.3 is 0 Å². The van der Waals surface area contributed by atoms with Crippen LogP contribution < -0.4 is 4.90 Å². The maximum Gasteiger partial charge on any atom is 0.214 e. The SMILES string of the molecule is [C-]#[N+]c1cc(-n2c3ccc(N(c4ccccc4)c4ccccc4)cc3c3c4oc5ccccc5c4ccc32)cc(C#N)c1-n1c2ccccc2c2ccccc21. The van der Waals surface area contributed by atoms with Crippen molar-refractivity contribution in [2.75, 3.05) is 4.90 Å². The molecular formula is C50H29N5O. The Hall–Kier alpha value is -8.06. The highest BCUT2D eigenvalue weighted by atomic mass is 16.3. The Morgan fingerprint density at radius 2 is 1.11 bits per heavy atom. The zero-order valence-electron chi connectivity index (χ0n) is 29.9. The lowest BCUT2D eigenvalue weighted by atomic mass is 10.1. The molecular weight excluding hydrogens is 687 g/mol. The van der Waals surface area contributed by atoms with Gasteiger partial charge in [0.1, 0.15) is 17.2 Å². The Bertz CT molecular complexity index is 3320. The normalized spacial score (nSPS) is 11.5. The molecule has 0 fully saturated rings. The molecule has 0 amide bonds. The Morgan fingerprint density at radius 3 is 1.77 bits per heavy atom. The molecule has 11 rings (SSSR count). The molecule has 0 aliphatic rings. The van der Waals surface area contributed by atoms with Crippen molar-refractivity contribution in [3.05, 3.63) is 193 Å². The Balaban J connectivity index is 1.22. The summed E-state index contributed by atoms with van der Waals surface area (Å²) >= 11 is 0. The summed E-state index contributed by atoms with van der Waals surface area (Å²) in [5, 5.41) is 17.0. The fourth-order valence-corrected chi connectivity index (χ4v) is 8.60. The highest BCUT2D eigenvalue weighted by Crippen LogP contribution is 2.45. The first-order chi connectivity index (χ1) is 27.7. The molecule has 8 aromatic carbocycles. The van der Waals surface area contributed by atoms with Crippen LogP contribution in [0.5, 0.6) is 0 Å². The summed E-state index contributed by atoms with van der Waals surface area (Å²) in [6, 6.07) is 62.3. The van der Waals surface area contributed by atoms with Gasteiger partial charge in [0.15, 0.2) is 0 Å². The van der Waals surface area contributed by atoms with Crippen molar-refractivity contribution < 1.29 is 4.42 Å². The summed E-state index contributed by atoms with van der Waals surface area (Å²) in [5.41, 5.74) is 10.5. The second-order valence-electron chi connectivity index (χ2n) is 13.9. The molecule has 3 heterocycles. The summed E-state index contributed by atoms with van der Waals surface area (Å²) in [5.74, 6) is 0. The lowest BCUT2D eigenvalue weighted by Gasteiger charge is -2.25. The van der Waals surface area contributed by atoms with Crippen LogP contribution in [0.25, 0.3) is 81.8 Å². The van der Waals surface area contributed by atoms with Gasteiger partial charge in [-0.25, -0.2) is 4.85 Å². The minimum absolute atomic E-state index is 0.390. The third-order valence-electron chi connectivity index (χ3n) is 10.9. The first kappa shape index (κ1) is 31.5. The smallest absolute Gasteiger partial charge is 0.214 e. The molecule has 0 unspecified atom stereocenters. The van der Waals surface area contributed by atoms with E-state index < -0.39 is 0 Å². The molecule has 6 heteroatoms. The first-order valence-electron chi connectivity index (χ1n) is 18.4. The van der Waals surface area contributed by atoms with Gasteiger partial charge in [-0.3, -0.25) is 0 Å². The number of hydrogen-bond acceptors (Lipinski definition) is 3. The predicted molar refractivity (Wildman–Crippen MR) is 228 cm³/mol. The summed E-state index contributed by atoms with van der Waals surface area (Å²) in [6.07, 6.45) is 0. The van der Waals surface area contributed by atoms with Crippen molar-refractivity contribution in [3.8, 4) is 17.4 Å². The van der Waals surface area contributed by atoms with Crippen molar-refractivity contribution in [1.29, 1.82) is 5.26 Å². The van der Waals surface area contributed by atoms with Crippen LogP contribution >= 0.6 is 0 Å². The van der Waals surface area contributed by atoms with E-state index in [-0.39, 0.29) is 0 Å². The van der Waals surface area contributed by atoms with Gasteiger partial charge in [0.05, 0.1) is 45.3 Å². The standard InChI is InChI=1S/C50H29N5O/c1-52-42-30-36(28-32(31-51)49(42)55-43-21-11-8-18-37(43)38-19-9-12-22-44(38)55)54-45-26-24-35(53(33-14-4-2-5-15-33)34-16-6-3-7-17-34)29-41(45)48-46(54)27-25-40-39-20-10-13-23-47(39)56-50(40)48/h2-30H. The Labute approximate surface area is 321 Å². The second kappa shape index (κ2) is 12.2. The van der Waals surface area contributed by atoms with Crippen LogP contribution in [0.15, 0.2) is 180 Å². The van der Waals surface area contributed by atoms with E-state index in [9.17, 15) is 5.26 Å². The number of furan rings is 1. The fourth-order valence-electron chi connectivity index (χ4n) is 8.60. The fraction of sp³-hybridized carbons (Fsp3) is 0. The van der Waals surface area contributed by atoms with Crippen LogP contribution in [-0.4, -0.2) is 9.13 Å². The quantitative estimate of drug-likeness (QED) is 0.167. The number of benzene rings is 8. The van der Waals surface area contributed by atoms with Crippen molar-refractivity contribution >= 4 is 88.3 Å². The molecule has 0 radical (unpaired) electrons. The van der Waals surface area contributed by atoms with E-state index in [1.165, 1.54) is 0 Å². The summed E-state index contributed by atoms with van der Waals surface area (Å²) in [7, 11) is 0. The predicted octanol–water partition coefficient (Wildman–Crippen LogP) is 13.7. The number of rotatable bonds is 5. The lowest BCUT2D eigenvalue weighted by Crippen LogP contribution is -2.09. The largest absolute Gasteiger partial charge is 0.455 e. The van der Waals surface area contributed by atoms with Gasteiger partial charge < -0.3 is 18.5 Å². The number of aromatic nitrogens is 2. The summed E-state index contributed by atoms with van der Waals surface area (Å²) in [4.78, 5) is 6.36. The molecule has 0 bridgehead atoms. The molecule has 0 saturated carbocycles. The number of para-hydroxylation sites is 5. The molecule has 6 nitrogen and oxygen atoms in total. The topological polar surface area (TPSA) is 54.4 Å². The van der Waals surface area contributed by atoms with Crippen molar-refractivity contribution in [2.45, 2.75) is 0 Å². The lowest BCUT2D eigenvalue weighted by molar-refractivity contribution is 0.673. The van der Waals surface area contributed by atoms with E-state index >= 15 is 0 Å². The zero-order valence-corrected chi connectivity index (χ0v) is 29.9. The van der Waals surface area contributed by atoms with Crippen LogP contribution in [0.1, 0.15) is 5.56 Å². The first-order valence-corrected chi connectivity index (χ1v) is 18.4. The Morgan fingerprint density at radius 1 is 0.518 bits per heavy atom. The van der Waals surface area contributed by atoms with Crippen molar-refractivity contribution in [3.63, 3.8) is 0 Å². The molecule has 11 aromatic rings. The minimum atomic E-state index is 0.390. The van der Waals surface area contributed by atoms with Gasteiger partial charge in [-0.05, 0) is 84.9 Å². The van der Waals surface area contributed by atoms with Gasteiger partial charge in [0.25, 0.3) is 0 Å². The van der Waals surface area contributed by atoms with Crippen molar-refractivity contribution in [1.82, 2.24) is 9.13 Å². The van der Waals surface area contributed by atoms with Crippen LogP contribution in [0.2, 0.25) is 0 Å². The molecule has 0 aliphatic heterocycles. The van der Waals surface area contributed by atoms with Gasteiger partial charge in [-0.15, -0.1) is 0 Å². The average Bonchev–Trinajstić information content (AvgIpc) is 3.91. The molecule has 0 saturated heterocycles. The van der Waals surface area contributed by atoms with Crippen LogP contribution in [0.4, 0.5) is 22.7 Å². The molecule has 0 atom stereocenters. The Kier molecular flexibility index (Phi) is 6.88. The summed E-state index contributed by atoms with van der Waals surface area (Å²) in [6.45, 7) is 8.50. The van der Waals surface area contributed by atoms with Gasteiger partial charge in [-0.2, -0.15) is 5.26 Å². The highest BCUT2D eigenvalue weighted by Gasteiger charge is 2.24. The number of fused-ring (bicyclic) bond motifs is 10. The van der Waals surface area contributed by atoms with Crippen LogP contribution in [0.3, 0.4) is 0 Å². The zero-order chi connectivity index (χ0) is 37.3. The monoisotopic (exact) mass is 715 g/mol. The second-order valence-corrected chi connectivity index (χ2v) is 13.9. The van der Waals surface area contributed by atoms with E-state index in [1.54, 1.807) is 0 Å². The van der Waals surface area contributed by atoms with E-state index in [0.29, 0.717) is 16.9 Å². The van der Waals surface area contributed by atoms with E-state index in [2.05, 4.69) is 134 Å². The molecule has 56 heavy (non-hydrogen) atoms.